The lowest BCUT2D eigenvalue weighted by Crippen LogP contribution is -2.17. The Balaban J connectivity index is 2.48. The molecule has 0 bridgehead atoms. The molecule has 0 aliphatic rings. The fourth-order valence-corrected chi connectivity index (χ4v) is 1.16. The van der Waals surface area contributed by atoms with Gasteiger partial charge in [0, 0.05) is 20.1 Å². The lowest BCUT2D eigenvalue weighted by atomic mass is 10.1. The highest BCUT2D eigenvalue weighted by atomic mass is 16.5. The van der Waals surface area contributed by atoms with E-state index in [0.29, 0.717) is 24.2 Å². The van der Waals surface area contributed by atoms with Crippen LogP contribution in [0.3, 0.4) is 0 Å². The monoisotopic (exact) mass is 213 g/mol. The van der Waals surface area contributed by atoms with Gasteiger partial charge in [0.15, 0.2) is 5.82 Å². The zero-order valence-electron chi connectivity index (χ0n) is 9.56. The second kappa shape index (κ2) is 5.82. The summed E-state index contributed by atoms with van der Waals surface area (Å²) in [4.78, 5) is 4.24. The SMILES string of the molecule is COCCCc1noc([C@H](N)C(C)C)n1. The molecule has 0 amide bonds. The van der Waals surface area contributed by atoms with E-state index in [1.54, 1.807) is 7.11 Å². The molecule has 1 heterocycles. The van der Waals surface area contributed by atoms with Crippen LogP contribution in [0.25, 0.3) is 0 Å². The van der Waals surface area contributed by atoms with Gasteiger partial charge in [-0.05, 0) is 12.3 Å². The van der Waals surface area contributed by atoms with Crippen molar-refractivity contribution < 1.29 is 9.26 Å². The molecule has 0 fully saturated rings. The molecule has 0 spiro atoms. The molecule has 1 atom stereocenters. The molecule has 0 unspecified atom stereocenters. The zero-order chi connectivity index (χ0) is 11.3. The van der Waals surface area contributed by atoms with Gasteiger partial charge in [0.25, 0.3) is 0 Å². The van der Waals surface area contributed by atoms with Gasteiger partial charge in [0.1, 0.15) is 0 Å². The normalized spacial score (nSPS) is 13.4. The number of hydrogen-bond donors (Lipinski definition) is 1. The summed E-state index contributed by atoms with van der Waals surface area (Å²) in [5, 5.41) is 3.87. The minimum atomic E-state index is -0.173. The van der Waals surface area contributed by atoms with Crippen molar-refractivity contribution in [2.75, 3.05) is 13.7 Å². The van der Waals surface area contributed by atoms with E-state index in [0.717, 1.165) is 12.8 Å². The molecule has 1 aromatic heterocycles. The topological polar surface area (TPSA) is 74.2 Å². The summed E-state index contributed by atoms with van der Waals surface area (Å²) in [5.41, 5.74) is 5.89. The van der Waals surface area contributed by atoms with Crippen LogP contribution in [-0.2, 0) is 11.2 Å². The van der Waals surface area contributed by atoms with Crippen molar-refractivity contribution in [3.8, 4) is 0 Å². The Kier molecular flexibility index (Phi) is 4.71. The molecular formula is C10H19N3O2. The van der Waals surface area contributed by atoms with Crippen LogP contribution in [0.1, 0.15) is 38.0 Å². The Morgan fingerprint density at radius 1 is 1.47 bits per heavy atom. The first-order valence-corrected chi connectivity index (χ1v) is 5.22. The van der Waals surface area contributed by atoms with E-state index in [1.807, 2.05) is 13.8 Å². The Hall–Kier alpha value is -0.940. The van der Waals surface area contributed by atoms with E-state index >= 15 is 0 Å². The lowest BCUT2D eigenvalue weighted by Gasteiger charge is -2.09. The zero-order valence-corrected chi connectivity index (χ0v) is 9.56. The van der Waals surface area contributed by atoms with Gasteiger partial charge in [-0.15, -0.1) is 0 Å². The quantitative estimate of drug-likeness (QED) is 0.721. The van der Waals surface area contributed by atoms with Crippen molar-refractivity contribution in [2.24, 2.45) is 11.7 Å². The first-order valence-electron chi connectivity index (χ1n) is 5.22. The number of aryl methyl sites for hydroxylation is 1. The minimum Gasteiger partial charge on any atom is -0.385 e. The van der Waals surface area contributed by atoms with Gasteiger partial charge in [-0.3, -0.25) is 0 Å². The maximum atomic E-state index is 5.89. The molecule has 15 heavy (non-hydrogen) atoms. The molecule has 2 N–H and O–H groups in total. The Labute approximate surface area is 90.0 Å². The number of methoxy groups -OCH3 is 1. The number of nitrogens with two attached hydrogens (primary N) is 1. The molecule has 0 saturated carbocycles. The maximum Gasteiger partial charge on any atom is 0.243 e. The lowest BCUT2D eigenvalue weighted by molar-refractivity contribution is 0.194. The first-order chi connectivity index (χ1) is 7.15. The molecule has 0 aromatic carbocycles. The Bertz CT molecular complexity index is 286. The van der Waals surface area contributed by atoms with E-state index in [2.05, 4.69) is 10.1 Å². The third kappa shape index (κ3) is 3.60. The van der Waals surface area contributed by atoms with Gasteiger partial charge in [0.05, 0.1) is 6.04 Å². The van der Waals surface area contributed by atoms with Crippen molar-refractivity contribution in [3.05, 3.63) is 11.7 Å². The van der Waals surface area contributed by atoms with Crippen molar-refractivity contribution in [1.82, 2.24) is 10.1 Å². The van der Waals surface area contributed by atoms with E-state index in [-0.39, 0.29) is 6.04 Å². The fraction of sp³-hybridized carbons (Fsp3) is 0.800. The molecule has 0 radical (unpaired) electrons. The van der Waals surface area contributed by atoms with Crippen LogP contribution >= 0.6 is 0 Å². The third-order valence-electron chi connectivity index (χ3n) is 2.24. The predicted octanol–water partition coefficient (Wildman–Crippen LogP) is 1.30. The molecule has 0 aliphatic carbocycles. The maximum absolute atomic E-state index is 5.89. The summed E-state index contributed by atoms with van der Waals surface area (Å²) >= 11 is 0. The molecular weight excluding hydrogens is 194 g/mol. The van der Waals surface area contributed by atoms with Crippen LogP contribution in [-0.4, -0.2) is 23.9 Å². The van der Waals surface area contributed by atoms with Gasteiger partial charge >= 0.3 is 0 Å². The Morgan fingerprint density at radius 3 is 2.80 bits per heavy atom. The molecule has 86 valence electrons. The van der Waals surface area contributed by atoms with Gasteiger partial charge in [0.2, 0.25) is 5.89 Å². The average molecular weight is 213 g/mol. The molecule has 0 aliphatic heterocycles. The summed E-state index contributed by atoms with van der Waals surface area (Å²) < 4.78 is 10.0. The van der Waals surface area contributed by atoms with E-state index in [9.17, 15) is 0 Å². The third-order valence-corrected chi connectivity index (χ3v) is 2.24. The van der Waals surface area contributed by atoms with Crippen molar-refractivity contribution in [3.63, 3.8) is 0 Å². The summed E-state index contributed by atoms with van der Waals surface area (Å²) in [6, 6.07) is -0.173. The van der Waals surface area contributed by atoms with Crippen molar-refractivity contribution in [2.45, 2.75) is 32.7 Å². The number of aromatic nitrogens is 2. The summed E-state index contributed by atoms with van der Waals surface area (Å²) in [6.45, 7) is 4.76. The number of rotatable bonds is 6. The van der Waals surface area contributed by atoms with Crippen LogP contribution in [0.2, 0.25) is 0 Å². The van der Waals surface area contributed by atoms with Crippen LogP contribution in [0.5, 0.6) is 0 Å². The van der Waals surface area contributed by atoms with E-state index in [4.69, 9.17) is 15.0 Å². The van der Waals surface area contributed by atoms with Crippen LogP contribution in [0.15, 0.2) is 4.52 Å². The number of hydrogen-bond acceptors (Lipinski definition) is 5. The summed E-state index contributed by atoms with van der Waals surface area (Å²) in [7, 11) is 1.68. The van der Waals surface area contributed by atoms with Crippen molar-refractivity contribution in [1.29, 1.82) is 0 Å². The standard InChI is InChI=1S/C10H19N3O2/c1-7(2)9(11)10-12-8(13-15-10)5-4-6-14-3/h7,9H,4-6,11H2,1-3H3/t9-/m1/s1. The average Bonchev–Trinajstić information content (AvgIpc) is 2.65. The highest BCUT2D eigenvalue weighted by Gasteiger charge is 2.17. The smallest absolute Gasteiger partial charge is 0.243 e. The second-order valence-electron chi connectivity index (χ2n) is 3.91. The molecule has 1 aromatic rings. The van der Waals surface area contributed by atoms with Crippen LogP contribution < -0.4 is 5.73 Å². The fourth-order valence-electron chi connectivity index (χ4n) is 1.16. The molecule has 0 saturated heterocycles. The largest absolute Gasteiger partial charge is 0.385 e. The summed E-state index contributed by atoms with van der Waals surface area (Å²) in [5.74, 6) is 1.54. The predicted molar refractivity (Wildman–Crippen MR) is 56.3 cm³/mol. The summed E-state index contributed by atoms with van der Waals surface area (Å²) in [6.07, 6.45) is 1.66. The van der Waals surface area contributed by atoms with Gasteiger partial charge < -0.3 is 15.0 Å². The number of ether oxygens (including phenoxy) is 1. The van der Waals surface area contributed by atoms with Gasteiger partial charge in [-0.2, -0.15) is 4.98 Å². The van der Waals surface area contributed by atoms with E-state index < -0.39 is 0 Å². The second-order valence-corrected chi connectivity index (χ2v) is 3.91. The van der Waals surface area contributed by atoms with Crippen LogP contribution in [0.4, 0.5) is 0 Å². The Morgan fingerprint density at radius 2 is 2.20 bits per heavy atom. The van der Waals surface area contributed by atoms with Gasteiger partial charge in [-0.1, -0.05) is 19.0 Å². The van der Waals surface area contributed by atoms with E-state index in [1.165, 1.54) is 0 Å². The highest BCUT2D eigenvalue weighted by molar-refractivity contribution is 4.93. The van der Waals surface area contributed by atoms with Crippen LogP contribution in [0, 0.1) is 5.92 Å². The minimum absolute atomic E-state index is 0.173. The molecule has 5 nitrogen and oxygen atoms in total. The first kappa shape index (κ1) is 12.1. The molecule has 5 heteroatoms. The number of nitrogens with zero attached hydrogens (tertiary/aromatic N) is 2. The molecule has 1 rings (SSSR count). The highest BCUT2D eigenvalue weighted by Crippen LogP contribution is 2.16. The van der Waals surface area contributed by atoms with Gasteiger partial charge in [-0.25, -0.2) is 0 Å². The van der Waals surface area contributed by atoms with Crippen molar-refractivity contribution >= 4 is 0 Å².